The van der Waals surface area contributed by atoms with Gasteiger partial charge >= 0.3 is 0 Å². The molecule has 2 rings (SSSR count). The minimum atomic E-state index is 0.476. The Bertz CT molecular complexity index is 360. The molecule has 0 saturated carbocycles. The second-order valence-corrected chi connectivity index (χ2v) is 4.86. The number of nitrogen functional groups attached to an aromatic ring is 1. The molecule has 0 amide bonds. The Balaban J connectivity index is 2.34. The van der Waals surface area contributed by atoms with E-state index in [-0.39, 0.29) is 0 Å². The number of halogens is 1. The van der Waals surface area contributed by atoms with Crippen LogP contribution in [-0.4, -0.2) is 17.1 Å². The van der Waals surface area contributed by atoms with Gasteiger partial charge in [0.05, 0.1) is 0 Å². The summed E-state index contributed by atoms with van der Waals surface area (Å²) in [5.41, 5.74) is 6.49. The van der Waals surface area contributed by atoms with E-state index >= 15 is 0 Å². The van der Waals surface area contributed by atoms with Crippen molar-refractivity contribution in [3.63, 3.8) is 0 Å². The average molecular weight is 240 g/mol. The summed E-state index contributed by atoms with van der Waals surface area (Å²) in [7, 11) is 0. The molecule has 2 heterocycles. The van der Waals surface area contributed by atoms with Crippen molar-refractivity contribution >= 4 is 23.1 Å². The lowest BCUT2D eigenvalue weighted by Crippen LogP contribution is -2.34. The maximum Gasteiger partial charge on any atom is 0.133 e. The van der Waals surface area contributed by atoms with Crippen molar-refractivity contribution in [1.82, 2.24) is 4.98 Å². The number of rotatable bonds is 2. The molecule has 4 heteroatoms. The van der Waals surface area contributed by atoms with Gasteiger partial charge in [0.1, 0.15) is 11.0 Å². The first-order valence-electron chi connectivity index (χ1n) is 5.83. The molecule has 1 aliphatic heterocycles. The first kappa shape index (κ1) is 11.5. The smallest absolute Gasteiger partial charge is 0.133 e. The van der Waals surface area contributed by atoms with Crippen molar-refractivity contribution in [2.24, 2.45) is 0 Å². The van der Waals surface area contributed by atoms with E-state index in [0.29, 0.717) is 22.9 Å². The summed E-state index contributed by atoms with van der Waals surface area (Å²) < 4.78 is 0. The van der Waals surface area contributed by atoms with Gasteiger partial charge in [0.2, 0.25) is 0 Å². The van der Waals surface area contributed by atoms with Crippen LogP contribution in [0.4, 0.5) is 11.5 Å². The third kappa shape index (κ3) is 2.09. The van der Waals surface area contributed by atoms with Crippen molar-refractivity contribution in [2.45, 2.75) is 45.2 Å². The lowest BCUT2D eigenvalue weighted by molar-refractivity contribution is 0.621. The Morgan fingerprint density at radius 3 is 2.88 bits per heavy atom. The second kappa shape index (κ2) is 4.50. The first-order chi connectivity index (χ1) is 7.61. The lowest BCUT2D eigenvalue weighted by atomic mass is 10.1. The molecule has 0 aliphatic carbocycles. The Morgan fingerprint density at radius 2 is 2.25 bits per heavy atom. The van der Waals surface area contributed by atoms with E-state index in [1.54, 1.807) is 6.07 Å². The maximum atomic E-state index is 5.95. The molecule has 0 spiro atoms. The normalized spacial score (nSPS) is 25.1. The summed E-state index contributed by atoms with van der Waals surface area (Å²) in [5, 5.41) is 0.476. The van der Waals surface area contributed by atoms with Crippen LogP contribution in [0.3, 0.4) is 0 Å². The number of nitrogens with two attached hydrogens (primary N) is 1. The van der Waals surface area contributed by atoms with Crippen LogP contribution in [0.15, 0.2) is 12.1 Å². The van der Waals surface area contributed by atoms with Crippen LogP contribution in [-0.2, 0) is 0 Å². The molecule has 0 aromatic carbocycles. The van der Waals surface area contributed by atoms with E-state index in [0.717, 1.165) is 12.2 Å². The van der Waals surface area contributed by atoms with Crippen molar-refractivity contribution in [3.8, 4) is 0 Å². The predicted octanol–water partition coefficient (Wildman–Crippen LogP) is 3.08. The molecule has 0 bridgehead atoms. The number of hydrogen-bond donors (Lipinski definition) is 1. The average Bonchev–Trinajstić information content (AvgIpc) is 2.58. The zero-order valence-electron chi connectivity index (χ0n) is 9.78. The van der Waals surface area contributed by atoms with Gasteiger partial charge in [-0.15, -0.1) is 0 Å². The van der Waals surface area contributed by atoms with Crippen LogP contribution >= 0.6 is 11.6 Å². The Kier molecular flexibility index (Phi) is 3.24. The van der Waals surface area contributed by atoms with Crippen molar-refractivity contribution in [2.75, 3.05) is 10.6 Å². The highest BCUT2D eigenvalue weighted by atomic mass is 35.5. The van der Waals surface area contributed by atoms with Crippen LogP contribution in [0.25, 0.3) is 0 Å². The Labute approximate surface area is 102 Å². The van der Waals surface area contributed by atoms with E-state index in [2.05, 4.69) is 23.7 Å². The molecular formula is C12H18ClN3. The van der Waals surface area contributed by atoms with Crippen LogP contribution < -0.4 is 10.6 Å². The summed E-state index contributed by atoms with van der Waals surface area (Å²) >= 11 is 5.95. The van der Waals surface area contributed by atoms with Gasteiger partial charge in [-0.2, -0.15) is 0 Å². The predicted molar refractivity (Wildman–Crippen MR) is 68.9 cm³/mol. The summed E-state index contributed by atoms with van der Waals surface area (Å²) in [5.74, 6) is 0.918. The summed E-state index contributed by atoms with van der Waals surface area (Å²) in [6, 6.07) is 4.69. The molecular weight excluding hydrogens is 222 g/mol. The molecule has 88 valence electrons. The minimum absolute atomic E-state index is 0.476. The van der Waals surface area contributed by atoms with Gasteiger partial charge in [-0.3, -0.25) is 0 Å². The zero-order chi connectivity index (χ0) is 11.7. The molecule has 1 aliphatic rings. The van der Waals surface area contributed by atoms with E-state index < -0.39 is 0 Å². The number of hydrogen-bond acceptors (Lipinski definition) is 3. The molecule has 2 atom stereocenters. The van der Waals surface area contributed by atoms with Crippen LogP contribution in [0.1, 0.15) is 33.1 Å². The highest BCUT2D eigenvalue weighted by Gasteiger charge is 2.30. The fraction of sp³-hybridized carbons (Fsp3) is 0.583. The third-order valence-electron chi connectivity index (χ3n) is 3.32. The minimum Gasteiger partial charge on any atom is -0.399 e. The number of pyridine rings is 1. The fourth-order valence-corrected chi connectivity index (χ4v) is 2.73. The highest BCUT2D eigenvalue weighted by molar-refractivity contribution is 6.29. The molecule has 3 nitrogen and oxygen atoms in total. The Hall–Kier alpha value is -0.960. The zero-order valence-corrected chi connectivity index (χ0v) is 10.5. The van der Waals surface area contributed by atoms with Gasteiger partial charge in [-0.1, -0.05) is 18.5 Å². The quantitative estimate of drug-likeness (QED) is 0.807. The number of nitrogens with zero attached hydrogens (tertiary/aromatic N) is 2. The number of anilines is 2. The van der Waals surface area contributed by atoms with Gasteiger partial charge in [-0.05, 0) is 32.3 Å². The standard InChI is InChI=1S/C12H18ClN3/c1-3-10-5-4-8(2)16(10)12-7-9(14)6-11(13)15-12/h6-8,10H,3-5H2,1-2H3,(H2,14,15). The molecule has 16 heavy (non-hydrogen) atoms. The van der Waals surface area contributed by atoms with Crippen molar-refractivity contribution in [3.05, 3.63) is 17.3 Å². The largest absolute Gasteiger partial charge is 0.399 e. The van der Waals surface area contributed by atoms with E-state index in [1.807, 2.05) is 6.07 Å². The second-order valence-electron chi connectivity index (χ2n) is 4.48. The van der Waals surface area contributed by atoms with Gasteiger partial charge in [-0.25, -0.2) is 4.98 Å². The maximum absolute atomic E-state index is 5.95. The molecule has 0 radical (unpaired) electrons. The molecule has 2 unspecified atom stereocenters. The third-order valence-corrected chi connectivity index (χ3v) is 3.52. The van der Waals surface area contributed by atoms with E-state index in [9.17, 15) is 0 Å². The van der Waals surface area contributed by atoms with Gasteiger partial charge in [0, 0.05) is 23.8 Å². The Morgan fingerprint density at radius 1 is 1.50 bits per heavy atom. The van der Waals surface area contributed by atoms with Gasteiger partial charge < -0.3 is 10.6 Å². The van der Waals surface area contributed by atoms with E-state index in [1.165, 1.54) is 12.8 Å². The summed E-state index contributed by atoms with van der Waals surface area (Å²) in [6.07, 6.45) is 3.58. The topological polar surface area (TPSA) is 42.1 Å². The molecule has 1 fully saturated rings. The lowest BCUT2D eigenvalue weighted by Gasteiger charge is -2.29. The highest BCUT2D eigenvalue weighted by Crippen LogP contribution is 2.32. The molecule has 2 N–H and O–H groups in total. The van der Waals surface area contributed by atoms with Crippen LogP contribution in [0, 0.1) is 0 Å². The van der Waals surface area contributed by atoms with Crippen molar-refractivity contribution in [1.29, 1.82) is 0 Å². The summed E-state index contributed by atoms with van der Waals surface area (Å²) in [4.78, 5) is 6.73. The fourth-order valence-electron chi connectivity index (χ4n) is 2.52. The molecule has 1 aromatic heterocycles. The van der Waals surface area contributed by atoms with Gasteiger partial charge in [0.15, 0.2) is 0 Å². The van der Waals surface area contributed by atoms with Crippen LogP contribution in [0.2, 0.25) is 5.15 Å². The van der Waals surface area contributed by atoms with Crippen LogP contribution in [0.5, 0.6) is 0 Å². The molecule has 1 saturated heterocycles. The van der Waals surface area contributed by atoms with Crippen molar-refractivity contribution < 1.29 is 0 Å². The SMILES string of the molecule is CCC1CCC(C)N1c1cc(N)cc(Cl)n1. The first-order valence-corrected chi connectivity index (χ1v) is 6.21. The number of aromatic nitrogens is 1. The molecule has 1 aromatic rings. The summed E-state index contributed by atoms with van der Waals surface area (Å²) in [6.45, 7) is 4.44. The monoisotopic (exact) mass is 239 g/mol. The van der Waals surface area contributed by atoms with Gasteiger partial charge in [0.25, 0.3) is 0 Å². The van der Waals surface area contributed by atoms with E-state index in [4.69, 9.17) is 17.3 Å².